The van der Waals surface area contributed by atoms with E-state index in [9.17, 15) is 5.11 Å². The van der Waals surface area contributed by atoms with Crippen molar-refractivity contribution >= 4 is 55.2 Å². The Labute approximate surface area is 274 Å². The van der Waals surface area contributed by atoms with Crippen molar-refractivity contribution in [3.8, 4) is 0 Å². The van der Waals surface area contributed by atoms with E-state index >= 15 is 0 Å². The Morgan fingerprint density at radius 1 is 0.489 bits per heavy atom. The molecule has 0 saturated heterocycles. The van der Waals surface area contributed by atoms with Gasteiger partial charge in [0.15, 0.2) is 0 Å². The van der Waals surface area contributed by atoms with Crippen molar-refractivity contribution in [2.45, 2.75) is 91.1 Å². The molecule has 2 aromatic heterocycles. The Hall–Kier alpha value is -3.31. The smallest absolute Gasteiger partial charge is 0.0610 e. The minimum absolute atomic E-state index is 0.0278. The summed E-state index contributed by atoms with van der Waals surface area (Å²) in [5, 5.41) is 23.7. The summed E-state index contributed by atoms with van der Waals surface area (Å²) in [6, 6.07) is 30.2. The number of fused-ring (bicyclic) bond motifs is 6. The molecule has 2 heterocycles. The second-order valence-electron chi connectivity index (χ2n) is 14.8. The zero-order chi connectivity index (χ0) is 33.2. The van der Waals surface area contributed by atoms with Crippen LogP contribution in [-0.2, 0) is 23.9 Å². The Balaban J connectivity index is 0.000000188. The number of aliphatic hydroxyl groups is 2. The molecule has 0 atom stereocenters. The van der Waals surface area contributed by atoms with Crippen LogP contribution in [0.5, 0.6) is 0 Å². The van der Waals surface area contributed by atoms with E-state index in [1.165, 1.54) is 54.7 Å². The van der Waals surface area contributed by atoms with Crippen LogP contribution < -0.4 is 0 Å². The first-order valence-electron chi connectivity index (χ1n) is 16.0. The molecule has 0 amide bonds. The van der Waals surface area contributed by atoms with Gasteiger partial charge in [0.2, 0.25) is 0 Å². The zero-order valence-electron chi connectivity index (χ0n) is 28.6. The van der Waals surface area contributed by atoms with Crippen molar-refractivity contribution in [1.29, 1.82) is 0 Å². The lowest BCUT2D eigenvalue weighted by molar-refractivity contribution is 0.279. The second-order valence-corrected chi connectivity index (χ2v) is 15.9. The van der Waals surface area contributed by atoms with Crippen LogP contribution in [0.1, 0.15) is 73.4 Å². The highest BCUT2D eigenvalue weighted by Crippen LogP contribution is 2.36. The number of halogens is 1. The molecule has 0 saturated carbocycles. The first-order valence-corrected chi connectivity index (χ1v) is 16.4. The third-order valence-electron chi connectivity index (χ3n) is 7.92. The molecule has 0 aliphatic heterocycles. The summed E-state index contributed by atoms with van der Waals surface area (Å²) in [6.45, 7) is 21.0. The number of para-hydroxylation sites is 2. The molecule has 2 N–H and O–H groups in total. The van der Waals surface area contributed by atoms with Crippen LogP contribution in [0.4, 0.5) is 0 Å². The van der Waals surface area contributed by atoms with Gasteiger partial charge in [0.05, 0.1) is 13.2 Å². The molecule has 4 aromatic carbocycles. The number of alkyl halides is 1. The number of hydrogen-bond donors (Lipinski definition) is 2. The van der Waals surface area contributed by atoms with E-state index in [0.29, 0.717) is 13.1 Å². The van der Waals surface area contributed by atoms with E-state index < -0.39 is 0 Å². The highest BCUT2D eigenvalue weighted by Gasteiger charge is 2.20. The summed E-state index contributed by atoms with van der Waals surface area (Å²) < 4.78 is 4.41. The summed E-state index contributed by atoms with van der Waals surface area (Å²) in [6.07, 6.45) is 0. The molecule has 240 valence electrons. The monoisotopic (exact) mass is 626 g/mol. The largest absolute Gasteiger partial charge is 0.395 e. The molecule has 6 rings (SSSR count). The van der Waals surface area contributed by atoms with Gasteiger partial charge in [-0.05, 0) is 79.1 Å². The fourth-order valence-corrected chi connectivity index (χ4v) is 5.72. The van der Waals surface area contributed by atoms with E-state index in [0.717, 1.165) is 0 Å². The van der Waals surface area contributed by atoms with Crippen LogP contribution in [0.3, 0.4) is 0 Å². The van der Waals surface area contributed by atoms with Crippen LogP contribution >= 0.6 is 11.6 Å². The average Bonchev–Trinajstić information content (AvgIpc) is 3.44. The molecule has 6 aromatic rings. The topological polar surface area (TPSA) is 50.3 Å². The van der Waals surface area contributed by atoms with Gasteiger partial charge in [-0.1, -0.05) is 90.1 Å². The zero-order valence-corrected chi connectivity index (χ0v) is 29.3. The number of benzene rings is 4. The minimum atomic E-state index is -0.0278. The summed E-state index contributed by atoms with van der Waals surface area (Å²) in [5.41, 5.74) is 7.74. The Kier molecular flexibility index (Phi) is 10.4. The molecule has 4 nitrogen and oxygen atoms in total. The van der Waals surface area contributed by atoms with Gasteiger partial charge in [0, 0.05) is 61.6 Å². The number of aromatic nitrogens is 2. The molecule has 0 aliphatic rings. The van der Waals surface area contributed by atoms with Gasteiger partial charge < -0.3 is 19.3 Å². The maximum absolute atomic E-state index is 9.50. The van der Waals surface area contributed by atoms with Gasteiger partial charge in [-0.2, -0.15) is 0 Å². The number of rotatable bonds is 4. The molecule has 0 bridgehead atoms. The fourth-order valence-electron chi connectivity index (χ4n) is 5.72. The molecule has 45 heavy (non-hydrogen) atoms. The molecule has 0 fully saturated rings. The van der Waals surface area contributed by atoms with Gasteiger partial charge in [-0.3, -0.25) is 0 Å². The van der Waals surface area contributed by atoms with Gasteiger partial charge in [0.25, 0.3) is 0 Å². The average molecular weight is 627 g/mol. The quantitative estimate of drug-likeness (QED) is 0.191. The molecule has 5 heteroatoms. The maximum atomic E-state index is 9.50. The predicted octanol–water partition coefficient (Wildman–Crippen LogP) is 10.2. The van der Waals surface area contributed by atoms with Crippen molar-refractivity contribution < 1.29 is 10.2 Å². The minimum Gasteiger partial charge on any atom is -0.395 e. The summed E-state index contributed by atoms with van der Waals surface area (Å²) >= 11 is 5.53. The lowest BCUT2D eigenvalue weighted by atomic mass is 9.85. The van der Waals surface area contributed by atoms with Crippen LogP contribution in [0, 0.1) is 0 Å². The molecule has 0 unspecified atom stereocenters. The van der Waals surface area contributed by atoms with Crippen LogP contribution in [0.25, 0.3) is 43.6 Å². The normalized spacial score (nSPS) is 12.4. The Bertz CT molecular complexity index is 1760. The third kappa shape index (κ3) is 8.10. The standard InChI is InChI=1S/C22H29NO.C14H13NO.C4H9Cl/c1-21(2,3)15-7-9-19-17(13-15)18-14-16(22(4,5)6)8-10-20(18)23(19)11-12-24;16-10-9-15-13-7-3-1-5-11(13)12-6-2-4-8-14(12)15;1-4(2,3)5/h7-10,13-14,24H,11-12H2,1-6H3;1-8,16H,9-10H2;1-3H3. The number of aliphatic hydroxyl groups excluding tert-OH is 2. The molecule has 0 aliphatic carbocycles. The van der Waals surface area contributed by atoms with Gasteiger partial charge in [-0.15, -0.1) is 11.6 Å². The van der Waals surface area contributed by atoms with E-state index in [2.05, 4.69) is 123 Å². The van der Waals surface area contributed by atoms with E-state index in [1.54, 1.807) is 0 Å². The van der Waals surface area contributed by atoms with Gasteiger partial charge in [-0.25, -0.2) is 0 Å². The SMILES string of the molecule is CC(C)(C)Cl.CC(C)(C)c1ccc2c(c1)c1cc(C(C)(C)C)ccc1n2CCO.OCCn1c2ccccc2c2ccccc21. The molecular weight excluding hydrogens is 576 g/mol. The van der Waals surface area contributed by atoms with Crippen molar-refractivity contribution in [2.24, 2.45) is 0 Å². The van der Waals surface area contributed by atoms with Crippen LogP contribution in [0.15, 0.2) is 84.9 Å². The van der Waals surface area contributed by atoms with Crippen molar-refractivity contribution in [1.82, 2.24) is 9.13 Å². The number of nitrogens with zero attached hydrogens (tertiary/aromatic N) is 2. The van der Waals surface area contributed by atoms with Crippen molar-refractivity contribution in [3.63, 3.8) is 0 Å². The second kappa shape index (κ2) is 13.6. The van der Waals surface area contributed by atoms with Crippen LogP contribution in [0.2, 0.25) is 0 Å². The lowest BCUT2D eigenvalue weighted by Crippen LogP contribution is -2.10. The molecule has 0 spiro atoms. The summed E-state index contributed by atoms with van der Waals surface area (Å²) in [5.74, 6) is 0. The van der Waals surface area contributed by atoms with Crippen molar-refractivity contribution in [3.05, 3.63) is 96.1 Å². The number of hydrogen-bond acceptors (Lipinski definition) is 2. The van der Waals surface area contributed by atoms with Crippen LogP contribution in [-0.4, -0.2) is 37.4 Å². The van der Waals surface area contributed by atoms with Crippen molar-refractivity contribution in [2.75, 3.05) is 13.2 Å². The first-order chi connectivity index (χ1) is 21.0. The highest BCUT2D eigenvalue weighted by atomic mass is 35.5. The Morgan fingerprint density at radius 3 is 1.11 bits per heavy atom. The summed E-state index contributed by atoms with van der Waals surface area (Å²) in [7, 11) is 0. The van der Waals surface area contributed by atoms with E-state index in [1.807, 2.05) is 32.9 Å². The van der Waals surface area contributed by atoms with Gasteiger partial charge >= 0.3 is 0 Å². The van der Waals surface area contributed by atoms with E-state index in [4.69, 9.17) is 16.7 Å². The molecule has 0 radical (unpaired) electrons. The highest BCUT2D eigenvalue weighted by molar-refractivity contribution is 6.23. The third-order valence-corrected chi connectivity index (χ3v) is 7.92. The maximum Gasteiger partial charge on any atom is 0.0610 e. The predicted molar refractivity (Wildman–Crippen MR) is 196 cm³/mol. The lowest BCUT2D eigenvalue weighted by Gasteiger charge is -2.19. The summed E-state index contributed by atoms with van der Waals surface area (Å²) in [4.78, 5) is -0.0278. The fraction of sp³-hybridized carbons (Fsp3) is 0.400. The first kappa shape index (κ1) is 34.6. The van der Waals surface area contributed by atoms with Gasteiger partial charge in [0.1, 0.15) is 0 Å². The molecular formula is C40H51ClN2O2. The Morgan fingerprint density at radius 2 is 0.800 bits per heavy atom. The van der Waals surface area contributed by atoms with E-state index in [-0.39, 0.29) is 28.9 Å².